The topological polar surface area (TPSA) is 122 Å². The number of imide groups is 1. The van der Waals surface area contributed by atoms with Gasteiger partial charge in [0.1, 0.15) is 12.1 Å². The lowest BCUT2D eigenvalue weighted by molar-refractivity contribution is -0.384. The van der Waals surface area contributed by atoms with Crippen LogP contribution >= 0.6 is 0 Å². The lowest BCUT2D eigenvalue weighted by Gasteiger charge is -2.42. The summed E-state index contributed by atoms with van der Waals surface area (Å²) < 4.78 is 0. The third-order valence-corrected chi connectivity index (χ3v) is 7.04. The van der Waals surface area contributed by atoms with Gasteiger partial charge in [-0.3, -0.25) is 24.6 Å². The van der Waals surface area contributed by atoms with E-state index < -0.39 is 22.4 Å². The Morgan fingerprint density at radius 2 is 1.87 bits per heavy atom. The predicted octanol–water partition coefficient (Wildman–Crippen LogP) is 3.13. The lowest BCUT2D eigenvalue weighted by Crippen LogP contribution is -2.51. The molecule has 1 aromatic rings. The maximum Gasteiger partial charge on any atom is 0.325 e. The number of hydrogen-bond donors (Lipinski definition) is 2. The number of urea groups is 1. The minimum Gasteiger partial charge on any atom is -0.350 e. The molecule has 1 saturated heterocycles. The summed E-state index contributed by atoms with van der Waals surface area (Å²) in [6.07, 6.45) is 3.98. The third kappa shape index (κ3) is 4.70. The van der Waals surface area contributed by atoms with Crippen molar-refractivity contribution < 1.29 is 19.3 Å². The first-order valence-corrected chi connectivity index (χ1v) is 10.7. The average Bonchev–Trinajstić information content (AvgIpc) is 2.96. The van der Waals surface area contributed by atoms with Crippen LogP contribution in [0.15, 0.2) is 24.3 Å². The molecule has 2 N–H and O–H groups in total. The number of hydrogen-bond acceptors (Lipinski definition) is 5. The molecule has 1 saturated carbocycles. The summed E-state index contributed by atoms with van der Waals surface area (Å²) in [5.74, 6) is -0.276. The van der Waals surface area contributed by atoms with E-state index in [-0.39, 0.29) is 30.1 Å². The first kappa shape index (κ1) is 22.7. The quantitative estimate of drug-likeness (QED) is 0.391. The molecule has 1 spiro atoms. The van der Waals surface area contributed by atoms with E-state index in [2.05, 4.69) is 31.4 Å². The Labute approximate surface area is 181 Å². The van der Waals surface area contributed by atoms with Crippen LogP contribution in [0.25, 0.3) is 0 Å². The van der Waals surface area contributed by atoms with Crippen molar-refractivity contribution in [3.63, 3.8) is 0 Å². The second-order valence-electron chi connectivity index (χ2n) is 9.22. The van der Waals surface area contributed by atoms with Gasteiger partial charge >= 0.3 is 6.03 Å². The number of nitro groups is 1. The van der Waals surface area contributed by atoms with Gasteiger partial charge in [-0.05, 0) is 42.6 Å². The first-order chi connectivity index (χ1) is 14.6. The van der Waals surface area contributed by atoms with E-state index in [0.29, 0.717) is 24.3 Å². The highest BCUT2D eigenvalue weighted by atomic mass is 16.6. The number of amides is 4. The highest BCUT2D eigenvalue weighted by Gasteiger charge is 2.53. The fourth-order valence-corrected chi connectivity index (χ4v) is 4.48. The molecule has 168 valence electrons. The van der Waals surface area contributed by atoms with E-state index >= 15 is 0 Å². The molecule has 2 fully saturated rings. The van der Waals surface area contributed by atoms with Gasteiger partial charge in [0.15, 0.2) is 0 Å². The summed E-state index contributed by atoms with van der Waals surface area (Å²) in [6.45, 7) is 6.46. The molecule has 0 bridgehead atoms. The standard InChI is InChI=1S/C22H30N4O5/c1-4-21(2,3)16-9-11-22(12-10-16)19(28)25(20(29)24-22)14-18(27)23-13-15-5-7-17(8-6-15)26(30)31/h5-8,16H,4,9-14H2,1-3H3,(H,23,27)(H,24,29). The summed E-state index contributed by atoms with van der Waals surface area (Å²) in [6, 6.07) is 5.30. The molecular formula is C22H30N4O5. The zero-order valence-corrected chi connectivity index (χ0v) is 18.3. The van der Waals surface area contributed by atoms with Crippen molar-refractivity contribution in [2.45, 2.75) is 65.0 Å². The summed E-state index contributed by atoms with van der Waals surface area (Å²) in [5.41, 5.74) is -0.0398. The molecular weight excluding hydrogens is 400 g/mol. The SMILES string of the molecule is CCC(C)(C)C1CCC2(CC1)NC(=O)N(CC(=O)NCc1ccc([N+](=O)[O-])cc1)C2=O. The van der Waals surface area contributed by atoms with Gasteiger partial charge in [0, 0.05) is 18.7 Å². The molecule has 9 nitrogen and oxygen atoms in total. The Kier molecular flexibility index (Phi) is 6.33. The molecule has 4 amide bonds. The van der Waals surface area contributed by atoms with Crippen molar-refractivity contribution in [2.75, 3.05) is 6.54 Å². The van der Waals surface area contributed by atoms with Gasteiger partial charge in [-0.15, -0.1) is 0 Å². The average molecular weight is 431 g/mol. The molecule has 0 aromatic heterocycles. The number of benzene rings is 1. The molecule has 3 rings (SSSR count). The van der Waals surface area contributed by atoms with Gasteiger partial charge in [0.25, 0.3) is 11.6 Å². The molecule has 1 aliphatic heterocycles. The Morgan fingerprint density at radius 3 is 2.42 bits per heavy atom. The Bertz CT molecular complexity index is 872. The van der Waals surface area contributed by atoms with E-state index in [0.717, 1.165) is 24.2 Å². The summed E-state index contributed by atoms with van der Waals surface area (Å²) >= 11 is 0. The van der Waals surface area contributed by atoms with Crippen LogP contribution in [-0.4, -0.2) is 39.8 Å². The van der Waals surface area contributed by atoms with Crippen molar-refractivity contribution in [1.29, 1.82) is 0 Å². The second kappa shape index (κ2) is 8.64. The largest absolute Gasteiger partial charge is 0.350 e. The Balaban J connectivity index is 1.55. The summed E-state index contributed by atoms with van der Waals surface area (Å²) in [4.78, 5) is 49.0. The van der Waals surface area contributed by atoms with Crippen molar-refractivity contribution in [1.82, 2.24) is 15.5 Å². The minimum absolute atomic E-state index is 0.0308. The van der Waals surface area contributed by atoms with E-state index in [4.69, 9.17) is 0 Å². The molecule has 0 atom stereocenters. The van der Waals surface area contributed by atoms with Crippen LogP contribution in [0.4, 0.5) is 10.5 Å². The highest BCUT2D eigenvalue weighted by Crippen LogP contribution is 2.45. The molecule has 1 aliphatic carbocycles. The van der Waals surface area contributed by atoms with Gasteiger partial charge in [-0.1, -0.05) is 39.3 Å². The lowest BCUT2D eigenvalue weighted by atomic mass is 9.65. The van der Waals surface area contributed by atoms with Crippen LogP contribution < -0.4 is 10.6 Å². The first-order valence-electron chi connectivity index (χ1n) is 10.7. The van der Waals surface area contributed by atoms with E-state index in [1.54, 1.807) is 12.1 Å². The summed E-state index contributed by atoms with van der Waals surface area (Å²) in [7, 11) is 0. The highest BCUT2D eigenvalue weighted by molar-refractivity contribution is 6.09. The molecule has 31 heavy (non-hydrogen) atoms. The van der Waals surface area contributed by atoms with Crippen molar-refractivity contribution in [3.8, 4) is 0 Å². The van der Waals surface area contributed by atoms with Gasteiger partial charge in [-0.2, -0.15) is 0 Å². The predicted molar refractivity (Wildman–Crippen MR) is 114 cm³/mol. The van der Waals surface area contributed by atoms with E-state index in [1.807, 2.05) is 0 Å². The molecule has 0 unspecified atom stereocenters. The summed E-state index contributed by atoms with van der Waals surface area (Å²) in [5, 5.41) is 16.2. The molecule has 2 aliphatic rings. The van der Waals surface area contributed by atoms with Crippen molar-refractivity contribution in [2.24, 2.45) is 11.3 Å². The number of carbonyl (C=O) groups is 3. The van der Waals surface area contributed by atoms with Crippen LogP contribution in [0.2, 0.25) is 0 Å². The van der Waals surface area contributed by atoms with Gasteiger partial charge in [0.2, 0.25) is 5.91 Å². The molecule has 1 heterocycles. The van der Waals surface area contributed by atoms with Crippen LogP contribution in [0.1, 0.15) is 58.4 Å². The molecule has 9 heteroatoms. The smallest absolute Gasteiger partial charge is 0.325 e. The maximum atomic E-state index is 13.0. The number of nitrogens with zero attached hydrogens (tertiary/aromatic N) is 2. The number of nitrogens with one attached hydrogen (secondary N) is 2. The number of non-ortho nitro benzene ring substituents is 1. The van der Waals surface area contributed by atoms with Crippen LogP contribution in [0, 0.1) is 21.4 Å². The number of carbonyl (C=O) groups excluding carboxylic acids is 3. The van der Waals surface area contributed by atoms with Crippen LogP contribution in [0.3, 0.4) is 0 Å². The molecule has 1 aromatic carbocycles. The van der Waals surface area contributed by atoms with E-state index in [1.165, 1.54) is 12.1 Å². The maximum absolute atomic E-state index is 13.0. The van der Waals surface area contributed by atoms with Crippen LogP contribution in [0.5, 0.6) is 0 Å². The Hall–Kier alpha value is -2.97. The fraction of sp³-hybridized carbons (Fsp3) is 0.591. The van der Waals surface area contributed by atoms with Crippen molar-refractivity contribution in [3.05, 3.63) is 39.9 Å². The normalized spacial score (nSPS) is 23.7. The third-order valence-electron chi connectivity index (χ3n) is 7.04. The minimum atomic E-state index is -0.893. The second-order valence-corrected chi connectivity index (χ2v) is 9.22. The van der Waals surface area contributed by atoms with Gasteiger partial charge < -0.3 is 10.6 Å². The zero-order chi connectivity index (χ0) is 22.8. The number of rotatable bonds is 7. The van der Waals surface area contributed by atoms with Crippen molar-refractivity contribution >= 4 is 23.5 Å². The zero-order valence-electron chi connectivity index (χ0n) is 18.3. The fourth-order valence-electron chi connectivity index (χ4n) is 4.48. The van der Waals surface area contributed by atoms with Gasteiger partial charge in [-0.25, -0.2) is 4.79 Å². The monoisotopic (exact) mass is 430 g/mol. The Morgan fingerprint density at radius 1 is 1.26 bits per heavy atom. The van der Waals surface area contributed by atoms with Gasteiger partial charge in [0.05, 0.1) is 4.92 Å². The number of nitro benzene ring substituents is 1. The van der Waals surface area contributed by atoms with E-state index in [9.17, 15) is 24.5 Å². The molecule has 0 radical (unpaired) electrons. The van der Waals surface area contributed by atoms with Crippen LogP contribution in [-0.2, 0) is 16.1 Å².